The van der Waals surface area contributed by atoms with Crippen LogP contribution >= 0.6 is 7.14 Å². The lowest BCUT2D eigenvalue weighted by atomic mass is 10.1. The summed E-state index contributed by atoms with van der Waals surface area (Å²) in [5.41, 5.74) is 0. The van der Waals surface area contributed by atoms with E-state index >= 15 is 0 Å². The highest BCUT2D eigenvalue weighted by molar-refractivity contribution is 7.79. The molecule has 0 aliphatic carbocycles. The number of rotatable bonds is 6. The van der Waals surface area contributed by atoms with Crippen molar-refractivity contribution in [1.82, 2.24) is 0 Å². The van der Waals surface area contributed by atoms with E-state index in [1.165, 1.54) is 0 Å². The molecule has 2 aromatic rings. The first kappa shape index (κ1) is 16.0. The van der Waals surface area contributed by atoms with E-state index in [2.05, 4.69) is 0 Å². The van der Waals surface area contributed by atoms with Crippen molar-refractivity contribution >= 4 is 17.8 Å². The van der Waals surface area contributed by atoms with Crippen molar-refractivity contribution in [1.29, 1.82) is 0 Å². The Morgan fingerprint density at radius 1 is 0.905 bits per heavy atom. The first-order chi connectivity index (χ1) is 10.1. The van der Waals surface area contributed by atoms with Crippen molar-refractivity contribution in [2.45, 2.75) is 38.5 Å². The van der Waals surface area contributed by atoms with Gasteiger partial charge in [-0.3, -0.25) is 0 Å². The molecule has 1 N–H and O–H groups in total. The molecule has 1 unspecified atom stereocenters. The highest BCUT2D eigenvalue weighted by atomic mass is 31.2. The smallest absolute Gasteiger partial charge is 0.173 e. The van der Waals surface area contributed by atoms with Crippen molar-refractivity contribution < 1.29 is 9.67 Å². The molecule has 0 fully saturated rings. The van der Waals surface area contributed by atoms with E-state index in [0.717, 1.165) is 17.0 Å². The van der Waals surface area contributed by atoms with Gasteiger partial charge in [-0.1, -0.05) is 80.9 Å². The van der Waals surface area contributed by atoms with E-state index < -0.39 is 12.5 Å². The molecular weight excluding hydrogens is 279 g/mol. The third-order valence-electron chi connectivity index (χ3n) is 4.04. The average molecular weight is 302 g/mol. The molecule has 2 nitrogen and oxygen atoms in total. The molecule has 0 spiro atoms. The minimum absolute atomic E-state index is 0.474. The minimum Gasteiger partial charge on any atom is -0.381 e. The Bertz CT molecular complexity index is 566. The normalized spacial score (nSPS) is 14.6. The van der Waals surface area contributed by atoms with Crippen LogP contribution < -0.4 is 10.6 Å². The molecule has 112 valence electrons. The topological polar surface area (TPSA) is 37.3 Å². The zero-order valence-electron chi connectivity index (χ0n) is 12.7. The standard InChI is InChI=1S/C18H23O2P/c1-3-15-18(19,4-2)21(20,16-11-7-5-8-12-16)17-13-9-6-10-14-17/h5-14,19H,3-4,15H2,1-2H3. The van der Waals surface area contributed by atoms with Crippen molar-refractivity contribution in [3.05, 3.63) is 60.7 Å². The third-order valence-corrected chi connectivity index (χ3v) is 7.81. The third kappa shape index (κ3) is 2.84. The maximum Gasteiger partial charge on any atom is 0.173 e. The average Bonchev–Trinajstić information content (AvgIpc) is 2.55. The number of aliphatic hydroxyl groups is 1. The Kier molecular flexibility index (Phi) is 5.03. The van der Waals surface area contributed by atoms with E-state index in [4.69, 9.17) is 0 Å². The van der Waals surface area contributed by atoms with Crippen LogP contribution in [0, 0.1) is 0 Å². The summed E-state index contributed by atoms with van der Waals surface area (Å²) in [6.45, 7) is 3.93. The van der Waals surface area contributed by atoms with E-state index in [0.29, 0.717) is 12.8 Å². The van der Waals surface area contributed by atoms with Crippen LogP contribution in [0.4, 0.5) is 0 Å². The largest absolute Gasteiger partial charge is 0.381 e. The van der Waals surface area contributed by atoms with Gasteiger partial charge in [0.05, 0.1) is 0 Å². The summed E-state index contributed by atoms with van der Waals surface area (Å²) in [7, 11) is -3.11. The Labute approximate surface area is 127 Å². The molecule has 0 amide bonds. The van der Waals surface area contributed by atoms with Crippen LogP contribution in [0.5, 0.6) is 0 Å². The fourth-order valence-electron chi connectivity index (χ4n) is 2.86. The van der Waals surface area contributed by atoms with Gasteiger partial charge in [0, 0.05) is 10.6 Å². The number of benzene rings is 2. The fraction of sp³-hybridized carbons (Fsp3) is 0.333. The van der Waals surface area contributed by atoms with Gasteiger partial charge >= 0.3 is 0 Å². The zero-order valence-corrected chi connectivity index (χ0v) is 13.6. The molecule has 0 saturated heterocycles. The second-order valence-corrected chi connectivity index (χ2v) is 8.45. The van der Waals surface area contributed by atoms with Crippen LogP contribution in [0.25, 0.3) is 0 Å². The maximum atomic E-state index is 14.0. The Morgan fingerprint density at radius 3 is 1.67 bits per heavy atom. The molecule has 0 heterocycles. The zero-order chi connectivity index (χ0) is 15.3. The van der Waals surface area contributed by atoms with Crippen LogP contribution in [0.1, 0.15) is 33.1 Å². The fourth-order valence-corrected chi connectivity index (χ4v) is 6.29. The van der Waals surface area contributed by atoms with E-state index in [1.807, 2.05) is 74.5 Å². The summed E-state index contributed by atoms with van der Waals surface area (Å²) >= 11 is 0. The Balaban J connectivity index is 2.69. The minimum atomic E-state index is -3.11. The van der Waals surface area contributed by atoms with Crippen LogP contribution in [0.15, 0.2) is 60.7 Å². The first-order valence-electron chi connectivity index (χ1n) is 7.52. The van der Waals surface area contributed by atoms with Crippen molar-refractivity contribution in [3.8, 4) is 0 Å². The maximum absolute atomic E-state index is 14.0. The van der Waals surface area contributed by atoms with E-state index in [9.17, 15) is 9.67 Å². The quantitative estimate of drug-likeness (QED) is 0.822. The molecule has 0 aromatic heterocycles. The lowest BCUT2D eigenvalue weighted by molar-refractivity contribution is 0.110. The second-order valence-electron chi connectivity index (χ2n) is 5.37. The Hall–Kier alpha value is -1.37. The molecule has 1 atom stereocenters. The molecule has 2 rings (SSSR count). The van der Waals surface area contributed by atoms with Crippen LogP contribution in [0.3, 0.4) is 0 Å². The highest BCUT2D eigenvalue weighted by Crippen LogP contribution is 2.58. The van der Waals surface area contributed by atoms with Gasteiger partial charge in [0.25, 0.3) is 0 Å². The van der Waals surface area contributed by atoms with Gasteiger partial charge in [-0.25, -0.2) is 0 Å². The van der Waals surface area contributed by atoms with Gasteiger partial charge in [-0.05, 0) is 12.8 Å². The van der Waals surface area contributed by atoms with Crippen LogP contribution in [0.2, 0.25) is 0 Å². The Morgan fingerprint density at radius 2 is 1.33 bits per heavy atom. The molecular formula is C18H23O2P. The monoisotopic (exact) mass is 302 g/mol. The summed E-state index contributed by atoms with van der Waals surface area (Å²) < 4.78 is 14.0. The molecule has 3 heteroatoms. The van der Waals surface area contributed by atoms with Gasteiger partial charge in [-0.2, -0.15) is 0 Å². The van der Waals surface area contributed by atoms with Crippen molar-refractivity contribution in [2.24, 2.45) is 0 Å². The van der Waals surface area contributed by atoms with Gasteiger partial charge < -0.3 is 9.67 Å². The van der Waals surface area contributed by atoms with Gasteiger partial charge in [-0.15, -0.1) is 0 Å². The molecule has 0 aliphatic heterocycles. The summed E-state index contributed by atoms with van der Waals surface area (Å²) in [6.07, 6.45) is 1.81. The summed E-state index contributed by atoms with van der Waals surface area (Å²) in [5.74, 6) is 0. The van der Waals surface area contributed by atoms with Gasteiger partial charge in [0.2, 0.25) is 0 Å². The highest BCUT2D eigenvalue weighted by Gasteiger charge is 2.46. The van der Waals surface area contributed by atoms with Crippen molar-refractivity contribution in [3.63, 3.8) is 0 Å². The number of hydrogen-bond donors (Lipinski definition) is 1. The van der Waals surface area contributed by atoms with E-state index in [1.54, 1.807) is 0 Å². The molecule has 0 bridgehead atoms. The van der Waals surface area contributed by atoms with Gasteiger partial charge in [0.15, 0.2) is 7.14 Å². The van der Waals surface area contributed by atoms with Crippen LogP contribution in [-0.2, 0) is 4.57 Å². The van der Waals surface area contributed by atoms with Gasteiger partial charge in [0.1, 0.15) is 5.34 Å². The molecule has 2 aromatic carbocycles. The molecule has 0 radical (unpaired) electrons. The first-order valence-corrected chi connectivity index (χ1v) is 9.23. The summed E-state index contributed by atoms with van der Waals surface area (Å²) in [5, 5.41) is 11.5. The van der Waals surface area contributed by atoms with E-state index in [-0.39, 0.29) is 0 Å². The lowest BCUT2D eigenvalue weighted by Crippen LogP contribution is -2.37. The summed E-state index contributed by atoms with van der Waals surface area (Å²) in [6, 6.07) is 18.8. The number of hydrogen-bond acceptors (Lipinski definition) is 2. The van der Waals surface area contributed by atoms with Crippen molar-refractivity contribution in [2.75, 3.05) is 0 Å². The van der Waals surface area contributed by atoms with Crippen LogP contribution in [-0.4, -0.2) is 10.4 Å². The SMILES string of the molecule is CCCC(O)(CC)P(=O)(c1ccccc1)c1ccccc1. The molecule has 0 saturated carbocycles. The predicted octanol–water partition coefficient (Wildman–Crippen LogP) is 3.90. The molecule has 21 heavy (non-hydrogen) atoms. The summed E-state index contributed by atoms with van der Waals surface area (Å²) in [4.78, 5) is 0. The molecule has 0 aliphatic rings. The lowest BCUT2D eigenvalue weighted by Gasteiger charge is -2.36. The second kappa shape index (κ2) is 6.60. The predicted molar refractivity (Wildman–Crippen MR) is 89.9 cm³/mol.